The number of halogens is 2. The van der Waals surface area contributed by atoms with Gasteiger partial charge in [0.05, 0.1) is 17.5 Å². The van der Waals surface area contributed by atoms with E-state index >= 15 is 0 Å². The molecular weight excluding hydrogens is 214 g/mol. The molecule has 1 aromatic carbocycles. The van der Waals surface area contributed by atoms with Crippen LogP contribution in [0.2, 0.25) is 0 Å². The predicted octanol–water partition coefficient (Wildman–Crippen LogP) is 2.16. The van der Waals surface area contributed by atoms with E-state index in [1.807, 2.05) is 0 Å². The van der Waals surface area contributed by atoms with Gasteiger partial charge in [0.25, 0.3) is 5.92 Å². The molecule has 0 saturated carbocycles. The van der Waals surface area contributed by atoms with E-state index in [9.17, 15) is 8.78 Å². The van der Waals surface area contributed by atoms with Gasteiger partial charge >= 0.3 is 0 Å². The molecule has 1 heterocycles. The van der Waals surface area contributed by atoms with E-state index < -0.39 is 12.5 Å². The molecular formula is C11H10F2N2O. The Morgan fingerprint density at radius 1 is 1.25 bits per heavy atom. The van der Waals surface area contributed by atoms with Gasteiger partial charge in [-0.15, -0.1) is 0 Å². The monoisotopic (exact) mass is 224 g/mol. The van der Waals surface area contributed by atoms with Crippen molar-refractivity contribution in [3.8, 4) is 11.3 Å². The standard InChI is InChI=1S/C11H10F2N2O/c12-11(13,7-16)9-6-14-15-10(9)8-4-2-1-3-5-8/h1-6,16H,7H2,(H,14,15). The molecule has 0 saturated heterocycles. The number of nitrogens with one attached hydrogen (secondary N) is 1. The molecule has 0 aliphatic heterocycles. The van der Waals surface area contributed by atoms with E-state index in [1.54, 1.807) is 30.3 Å². The number of hydrogen-bond acceptors (Lipinski definition) is 2. The van der Waals surface area contributed by atoms with Gasteiger partial charge in [0.1, 0.15) is 6.61 Å². The van der Waals surface area contributed by atoms with Crippen molar-refractivity contribution in [1.29, 1.82) is 0 Å². The van der Waals surface area contributed by atoms with Crippen LogP contribution in [-0.4, -0.2) is 21.9 Å². The average molecular weight is 224 g/mol. The van der Waals surface area contributed by atoms with Crippen LogP contribution in [0, 0.1) is 0 Å². The van der Waals surface area contributed by atoms with E-state index in [0.29, 0.717) is 5.56 Å². The van der Waals surface area contributed by atoms with Crippen LogP contribution < -0.4 is 0 Å². The number of aromatic amines is 1. The van der Waals surface area contributed by atoms with Crippen LogP contribution in [0.1, 0.15) is 5.56 Å². The van der Waals surface area contributed by atoms with Crippen molar-refractivity contribution in [2.45, 2.75) is 5.92 Å². The second-order valence-corrected chi connectivity index (χ2v) is 3.39. The first-order chi connectivity index (χ1) is 7.65. The molecule has 0 bridgehead atoms. The Labute approximate surface area is 90.7 Å². The van der Waals surface area contributed by atoms with Gasteiger partial charge in [-0.1, -0.05) is 30.3 Å². The molecule has 2 rings (SSSR count). The highest BCUT2D eigenvalue weighted by molar-refractivity contribution is 5.63. The van der Waals surface area contributed by atoms with Crippen molar-refractivity contribution < 1.29 is 13.9 Å². The second-order valence-electron chi connectivity index (χ2n) is 3.39. The predicted molar refractivity (Wildman–Crippen MR) is 55.0 cm³/mol. The summed E-state index contributed by atoms with van der Waals surface area (Å²) in [6.45, 7) is -1.23. The Hall–Kier alpha value is -1.75. The summed E-state index contributed by atoms with van der Waals surface area (Å²) in [6.07, 6.45) is 1.04. The van der Waals surface area contributed by atoms with Gasteiger partial charge < -0.3 is 5.11 Å². The number of aliphatic hydroxyl groups is 1. The minimum Gasteiger partial charge on any atom is -0.390 e. The number of nitrogens with zero attached hydrogens (tertiary/aromatic N) is 1. The van der Waals surface area contributed by atoms with Crippen molar-refractivity contribution in [2.24, 2.45) is 0 Å². The van der Waals surface area contributed by atoms with Crippen molar-refractivity contribution in [1.82, 2.24) is 10.2 Å². The lowest BCUT2D eigenvalue weighted by Gasteiger charge is -2.13. The van der Waals surface area contributed by atoms with Gasteiger partial charge in [0.15, 0.2) is 0 Å². The molecule has 16 heavy (non-hydrogen) atoms. The largest absolute Gasteiger partial charge is 0.390 e. The van der Waals surface area contributed by atoms with Gasteiger partial charge in [-0.3, -0.25) is 5.10 Å². The maximum absolute atomic E-state index is 13.4. The number of rotatable bonds is 3. The lowest BCUT2D eigenvalue weighted by Crippen LogP contribution is -2.18. The van der Waals surface area contributed by atoms with Crippen molar-refractivity contribution in [3.05, 3.63) is 42.1 Å². The lowest BCUT2D eigenvalue weighted by atomic mass is 10.0. The van der Waals surface area contributed by atoms with Gasteiger partial charge in [-0.25, -0.2) is 0 Å². The summed E-state index contributed by atoms with van der Waals surface area (Å²) in [5.74, 6) is -3.28. The zero-order chi connectivity index (χ0) is 11.6. The summed E-state index contributed by atoms with van der Waals surface area (Å²) in [5.41, 5.74) is 0.559. The molecule has 3 nitrogen and oxygen atoms in total. The van der Waals surface area contributed by atoms with E-state index in [-0.39, 0.29) is 11.3 Å². The number of aromatic nitrogens is 2. The molecule has 0 atom stereocenters. The van der Waals surface area contributed by atoms with E-state index in [4.69, 9.17) is 5.11 Å². The molecule has 5 heteroatoms. The van der Waals surface area contributed by atoms with Gasteiger partial charge in [-0.05, 0) is 0 Å². The zero-order valence-electron chi connectivity index (χ0n) is 8.32. The lowest BCUT2D eigenvalue weighted by molar-refractivity contribution is -0.0551. The molecule has 0 aliphatic carbocycles. The number of benzene rings is 1. The maximum atomic E-state index is 13.4. The number of aliphatic hydroxyl groups excluding tert-OH is 1. The molecule has 84 valence electrons. The molecule has 1 aromatic heterocycles. The molecule has 0 radical (unpaired) electrons. The fourth-order valence-corrected chi connectivity index (χ4v) is 1.47. The molecule has 0 unspecified atom stereocenters. The normalized spacial score (nSPS) is 11.7. The minimum atomic E-state index is -3.28. The summed E-state index contributed by atoms with van der Waals surface area (Å²) >= 11 is 0. The van der Waals surface area contributed by atoms with Crippen LogP contribution in [0.3, 0.4) is 0 Å². The third-order valence-electron chi connectivity index (χ3n) is 2.29. The van der Waals surface area contributed by atoms with Crippen LogP contribution in [0.4, 0.5) is 8.78 Å². The highest BCUT2D eigenvalue weighted by Crippen LogP contribution is 2.33. The van der Waals surface area contributed by atoms with Crippen LogP contribution >= 0.6 is 0 Å². The Kier molecular flexibility index (Phi) is 2.70. The third kappa shape index (κ3) is 1.81. The topological polar surface area (TPSA) is 48.9 Å². The Morgan fingerprint density at radius 2 is 1.94 bits per heavy atom. The number of alkyl halides is 2. The summed E-state index contributed by atoms with van der Waals surface area (Å²) in [5, 5.41) is 14.8. The molecule has 0 spiro atoms. The van der Waals surface area contributed by atoms with Gasteiger partial charge in [0.2, 0.25) is 0 Å². The van der Waals surface area contributed by atoms with Crippen LogP contribution in [0.15, 0.2) is 36.5 Å². The van der Waals surface area contributed by atoms with Crippen LogP contribution in [-0.2, 0) is 5.92 Å². The van der Waals surface area contributed by atoms with Crippen LogP contribution in [0.25, 0.3) is 11.3 Å². The second kappa shape index (κ2) is 4.02. The highest BCUT2D eigenvalue weighted by Gasteiger charge is 2.34. The third-order valence-corrected chi connectivity index (χ3v) is 2.29. The molecule has 2 aromatic rings. The molecule has 0 fully saturated rings. The van der Waals surface area contributed by atoms with Crippen molar-refractivity contribution >= 4 is 0 Å². The fraction of sp³-hybridized carbons (Fsp3) is 0.182. The number of hydrogen-bond donors (Lipinski definition) is 2. The smallest absolute Gasteiger partial charge is 0.299 e. The summed E-state index contributed by atoms with van der Waals surface area (Å²) in [4.78, 5) is 0. The van der Waals surface area contributed by atoms with Crippen molar-refractivity contribution in [3.63, 3.8) is 0 Å². The number of H-pyrrole nitrogens is 1. The first kappa shape index (κ1) is 10.8. The first-order valence-corrected chi connectivity index (χ1v) is 4.73. The maximum Gasteiger partial charge on any atom is 0.299 e. The summed E-state index contributed by atoms with van der Waals surface area (Å²) < 4.78 is 26.7. The molecule has 2 N–H and O–H groups in total. The Morgan fingerprint density at radius 3 is 2.56 bits per heavy atom. The van der Waals surface area contributed by atoms with Gasteiger partial charge in [0, 0.05) is 5.56 Å². The highest BCUT2D eigenvalue weighted by atomic mass is 19.3. The first-order valence-electron chi connectivity index (χ1n) is 4.73. The molecule has 0 amide bonds. The SMILES string of the molecule is OCC(F)(F)c1cn[nH]c1-c1ccccc1. The Balaban J connectivity index is 2.49. The van der Waals surface area contributed by atoms with Crippen LogP contribution in [0.5, 0.6) is 0 Å². The quantitative estimate of drug-likeness (QED) is 0.839. The molecule has 0 aliphatic rings. The van der Waals surface area contributed by atoms with E-state index in [2.05, 4.69) is 10.2 Å². The zero-order valence-corrected chi connectivity index (χ0v) is 8.32. The van der Waals surface area contributed by atoms with E-state index in [0.717, 1.165) is 6.20 Å². The minimum absolute atomic E-state index is 0.236. The summed E-state index contributed by atoms with van der Waals surface area (Å²) in [6, 6.07) is 8.69. The Bertz CT molecular complexity index is 468. The van der Waals surface area contributed by atoms with Gasteiger partial charge in [-0.2, -0.15) is 13.9 Å². The average Bonchev–Trinajstić information content (AvgIpc) is 2.80. The van der Waals surface area contributed by atoms with E-state index in [1.165, 1.54) is 0 Å². The summed E-state index contributed by atoms with van der Waals surface area (Å²) in [7, 11) is 0. The van der Waals surface area contributed by atoms with Crippen molar-refractivity contribution in [2.75, 3.05) is 6.61 Å². The fourth-order valence-electron chi connectivity index (χ4n) is 1.47.